The standard InChI is InChI=1S/C18H28N2O/c1-6-11-20(12-13-7-9-14(19)10-8-13)16(21)15-17(2,3)18(15,4)5/h7-10,15H,6,11-12,19H2,1-5H3. The fourth-order valence-corrected chi connectivity index (χ4v) is 3.38. The highest BCUT2D eigenvalue weighted by Crippen LogP contribution is 2.68. The number of amides is 1. The van der Waals surface area contributed by atoms with E-state index in [2.05, 4.69) is 34.6 Å². The first kappa shape index (κ1) is 15.9. The summed E-state index contributed by atoms with van der Waals surface area (Å²) in [5.41, 5.74) is 7.82. The van der Waals surface area contributed by atoms with Gasteiger partial charge in [-0.3, -0.25) is 4.79 Å². The van der Waals surface area contributed by atoms with E-state index in [0.29, 0.717) is 12.5 Å². The molecular formula is C18H28N2O. The van der Waals surface area contributed by atoms with Crippen LogP contribution in [0.5, 0.6) is 0 Å². The van der Waals surface area contributed by atoms with Gasteiger partial charge in [-0.2, -0.15) is 0 Å². The summed E-state index contributed by atoms with van der Waals surface area (Å²) in [6.45, 7) is 12.4. The van der Waals surface area contributed by atoms with E-state index in [9.17, 15) is 4.79 Å². The summed E-state index contributed by atoms with van der Waals surface area (Å²) in [5, 5.41) is 0. The van der Waals surface area contributed by atoms with E-state index in [-0.39, 0.29) is 16.7 Å². The van der Waals surface area contributed by atoms with E-state index in [0.717, 1.165) is 24.2 Å². The van der Waals surface area contributed by atoms with Gasteiger partial charge in [0.1, 0.15) is 0 Å². The quantitative estimate of drug-likeness (QED) is 0.840. The minimum Gasteiger partial charge on any atom is -0.399 e. The average molecular weight is 288 g/mol. The first-order chi connectivity index (χ1) is 9.71. The highest BCUT2D eigenvalue weighted by Gasteiger charge is 2.68. The van der Waals surface area contributed by atoms with Gasteiger partial charge in [0.2, 0.25) is 5.91 Å². The summed E-state index contributed by atoms with van der Waals surface area (Å²) in [6.07, 6.45) is 0.980. The van der Waals surface area contributed by atoms with Crippen molar-refractivity contribution in [2.75, 3.05) is 12.3 Å². The lowest BCUT2D eigenvalue weighted by molar-refractivity contribution is -0.134. The number of nitrogens with zero attached hydrogens (tertiary/aromatic N) is 1. The van der Waals surface area contributed by atoms with E-state index in [1.54, 1.807) is 0 Å². The Labute approximate surface area is 128 Å². The van der Waals surface area contributed by atoms with Crippen LogP contribution in [0.15, 0.2) is 24.3 Å². The molecule has 2 rings (SSSR count). The molecule has 0 saturated heterocycles. The minimum absolute atomic E-state index is 0.0944. The molecule has 21 heavy (non-hydrogen) atoms. The minimum atomic E-state index is 0.0944. The summed E-state index contributed by atoms with van der Waals surface area (Å²) in [5.74, 6) is 0.425. The van der Waals surface area contributed by atoms with Gasteiger partial charge < -0.3 is 10.6 Å². The number of anilines is 1. The third-order valence-electron chi connectivity index (χ3n) is 5.43. The first-order valence-electron chi connectivity index (χ1n) is 7.85. The molecule has 0 heterocycles. The zero-order valence-corrected chi connectivity index (χ0v) is 13.9. The Kier molecular flexibility index (Phi) is 4.05. The largest absolute Gasteiger partial charge is 0.399 e. The van der Waals surface area contributed by atoms with Crippen LogP contribution in [0.4, 0.5) is 5.69 Å². The summed E-state index contributed by atoms with van der Waals surface area (Å²) < 4.78 is 0. The summed E-state index contributed by atoms with van der Waals surface area (Å²) in [7, 11) is 0. The SMILES string of the molecule is CCCN(Cc1ccc(N)cc1)C(=O)C1C(C)(C)C1(C)C. The van der Waals surface area contributed by atoms with Gasteiger partial charge in [-0.05, 0) is 34.9 Å². The van der Waals surface area contributed by atoms with E-state index >= 15 is 0 Å². The van der Waals surface area contributed by atoms with Crippen LogP contribution in [0.1, 0.15) is 46.6 Å². The number of carbonyl (C=O) groups excluding carboxylic acids is 1. The predicted octanol–water partition coefficient (Wildman–Crippen LogP) is 3.69. The molecule has 0 bridgehead atoms. The van der Waals surface area contributed by atoms with Crippen LogP contribution in [0, 0.1) is 16.7 Å². The van der Waals surface area contributed by atoms with Gasteiger partial charge in [-0.1, -0.05) is 46.8 Å². The molecule has 0 radical (unpaired) electrons. The smallest absolute Gasteiger partial charge is 0.227 e. The van der Waals surface area contributed by atoms with Crippen molar-refractivity contribution in [3.05, 3.63) is 29.8 Å². The number of carbonyl (C=O) groups is 1. The van der Waals surface area contributed by atoms with Gasteiger partial charge in [0.25, 0.3) is 0 Å². The van der Waals surface area contributed by atoms with Crippen molar-refractivity contribution in [1.82, 2.24) is 4.90 Å². The Balaban J connectivity index is 2.12. The second-order valence-corrected chi connectivity index (χ2v) is 7.38. The highest BCUT2D eigenvalue weighted by atomic mass is 16.2. The van der Waals surface area contributed by atoms with Crippen LogP contribution >= 0.6 is 0 Å². The summed E-state index contributed by atoms with van der Waals surface area (Å²) in [6, 6.07) is 7.81. The summed E-state index contributed by atoms with van der Waals surface area (Å²) in [4.78, 5) is 14.9. The van der Waals surface area contributed by atoms with Crippen molar-refractivity contribution in [2.45, 2.75) is 47.6 Å². The molecule has 1 amide bonds. The number of rotatable bonds is 5. The molecule has 3 heteroatoms. The topological polar surface area (TPSA) is 46.3 Å². The Morgan fingerprint density at radius 3 is 2.10 bits per heavy atom. The number of nitrogens with two attached hydrogens (primary N) is 1. The molecule has 1 fully saturated rings. The van der Waals surface area contributed by atoms with Crippen molar-refractivity contribution in [3.8, 4) is 0 Å². The van der Waals surface area contributed by atoms with Gasteiger partial charge in [-0.25, -0.2) is 0 Å². The van der Waals surface area contributed by atoms with E-state index in [1.807, 2.05) is 29.2 Å². The maximum Gasteiger partial charge on any atom is 0.227 e. The zero-order chi connectivity index (χ0) is 15.8. The van der Waals surface area contributed by atoms with Gasteiger partial charge in [-0.15, -0.1) is 0 Å². The van der Waals surface area contributed by atoms with Crippen molar-refractivity contribution in [3.63, 3.8) is 0 Å². The molecule has 0 unspecified atom stereocenters. The monoisotopic (exact) mass is 288 g/mol. The van der Waals surface area contributed by atoms with Crippen molar-refractivity contribution < 1.29 is 4.79 Å². The van der Waals surface area contributed by atoms with Gasteiger partial charge in [0, 0.05) is 24.7 Å². The molecular weight excluding hydrogens is 260 g/mol. The molecule has 0 aromatic heterocycles. The van der Waals surface area contributed by atoms with Crippen molar-refractivity contribution in [2.24, 2.45) is 16.7 Å². The highest BCUT2D eigenvalue weighted by molar-refractivity contribution is 5.84. The first-order valence-corrected chi connectivity index (χ1v) is 7.85. The fraction of sp³-hybridized carbons (Fsp3) is 0.611. The van der Waals surface area contributed by atoms with E-state index in [4.69, 9.17) is 5.73 Å². The van der Waals surface area contributed by atoms with Crippen LogP contribution in [-0.2, 0) is 11.3 Å². The molecule has 2 N–H and O–H groups in total. The van der Waals surface area contributed by atoms with Crippen LogP contribution in [0.25, 0.3) is 0 Å². The normalized spacial score (nSPS) is 19.3. The van der Waals surface area contributed by atoms with Gasteiger partial charge in [0.05, 0.1) is 0 Å². The molecule has 0 spiro atoms. The zero-order valence-electron chi connectivity index (χ0n) is 13.9. The average Bonchev–Trinajstić information content (AvgIpc) is 2.81. The summed E-state index contributed by atoms with van der Waals surface area (Å²) >= 11 is 0. The molecule has 0 atom stereocenters. The molecule has 3 nitrogen and oxygen atoms in total. The molecule has 1 aromatic carbocycles. The molecule has 1 aliphatic rings. The Hall–Kier alpha value is -1.51. The lowest BCUT2D eigenvalue weighted by Gasteiger charge is -2.23. The molecule has 0 aliphatic heterocycles. The molecule has 1 aliphatic carbocycles. The fourth-order valence-electron chi connectivity index (χ4n) is 3.38. The third-order valence-corrected chi connectivity index (χ3v) is 5.43. The van der Waals surface area contributed by atoms with E-state index in [1.165, 1.54) is 0 Å². The number of hydrogen-bond donors (Lipinski definition) is 1. The lowest BCUT2D eigenvalue weighted by Crippen LogP contribution is -2.34. The van der Waals surface area contributed by atoms with Crippen LogP contribution in [0.2, 0.25) is 0 Å². The van der Waals surface area contributed by atoms with Gasteiger partial charge in [0.15, 0.2) is 0 Å². The maximum atomic E-state index is 12.9. The molecule has 1 saturated carbocycles. The van der Waals surface area contributed by atoms with Crippen LogP contribution in [-0.4, -0.2) is 17.4 Å². The molecule has 116 valence electrons. The number of hydrogen-bond acceptors (Lipinski definition) is 2. The Morgan fingerprint density at radius 1 is 1.14 bits per heavy atom. The lowest BCUT2D eigenvalue weighted by atomic mass is 10.0. The van der Waals surface area contributed by atoms with Crippen molar-refractivity contribution >= 4 is 11.6 Å². The predicted molar refractivity (Wildman–Crippen MR) is 87.6 cm³/mol. The van der Waals surface area contributed by atoms with Gasteiger partial charge >= 0.3 is 0 Å². The van der Waals surface area contributed by atoms with Crippen LogP contribution < -0.4 is 5.73 Å². The third kappa shape index (κ3) is 2.78. The number of nitrogen functional groups attached to an aromatic ring is 1. The number of benzene rings is 1. The Morgan fingerprint density at radius 2 is 1.67 bits per heavy atom. The second-order valence-electron chi connectivity index (χ2n) is 7.38. The second kappa shape index (κ2) is 5.36. The Bertz CT molecular complexity index is 503. The van der Waals surface area contributed by atoms with E-state index < -0.39 is 0 Å². The van der Waals surface area contributed by atoms with Crippen molar-refractivity contribution in [1.29, 1.82) is 0 Å². The maximum absolute atomic E-state index is 12.9. The molecule has 1 aromatic rings. The van der Waals surface area contributed by atoms with Crippen LogP contribution in [0.3, 0.4) is 0 Å².